The molecular weight excluding hydrogens is 196 g/mol. The van der Waals surface area contributed by atoms with E-state index in [-0.39, 0.29) is 0 Å². The number of carboxylic acid groups (broad SMARTS) is 1. The molecule has 0 bridgehead atoms. The van der Waals surface area contributed by atoms with Crippen molar-refractivity contribution in [2.24, 2.45) is 0 Å². The van der Waals surface area contributed by atoms with Crippen LogP contribution in [0.1, 0.15) is 19.8 Å². The molecule has 1 unspecified atom stereocenters. The van der Waals surface area contributed by atoms with Gasteiger partial charge < -0.3 is 10.4 Å². The van der Waals surface area contributed by atoms with Crippen LogP contribution in [-0.4, -0.2) is 38.7 Å². The molecule has 6 heteroatoms. The van der Waals surface area contributed by atoms with Crippen LogP contribution in [0.15, 0.2) is 12.4 Å². The molecule has 84 valence electrons. The Balaban J connectivity index is 2.13. The number of aromatic nitrogens is 3. The van der Waals surface area contributed by atoms with Crippen LogP contribution >= 0.6 is 0 Å². The molecule has 1 aromatic rings. The highest BCUT2D eigenvalue weighted by atomic mass is 16.4. The van der Waals surface area contributed by atoms with E-state index in [1.54, 1.807) is 17.1 Å². The van der Waals surface area contributed by atoms with E-state index in [1.807, 2.05) is 6.92 Å². The SMILES string of the molecule is CCC(NCCCn1ccnn1)C(=O)O. The van der Waals surface area contributed by atoms with Gasteiger partial charge in [-0.3, -0.25) is 9.48 Å². The third-order valence-electron chi connectivity index (χ3n) is 2.13. The van der Waals surface area contributed by atoms with E-state index in [0.29, 0.717) is 13.0 Å². The summed E-state index contributed by atoms with van der Waals surface area (Å²) in [5.74, 6) is -0.793. The highest BCUT2D eigenvalue weighted by Gasteiger charge is 2.12. The monoisotopic (exact) mass is 212 g/mol. The predicted octanol–water partition coefficient (Wildman–Crippen LogP) is 0.121. The van der Waals surface area contributed by atoms with Crippen molar-refractivity contribution >= 4 is 5.97 Å². The maximum Gasteiger partial charge on any atom is 0.320 e. The number of aliphatic carboxylic acids is 1. The van der Waals surface area contributed by atoms with Gasteiger partial charge in [0.25, 0.3) is 0 Å². The Morgan fingerprint density at radius 2 is 2.47 bits per heavy atom. The van der Waals surface area contributed by atoms with Crippen molar-refractivity contribution in [3.8, 4) is 0 Å². The van der Waals surface area contributed by atoms with Gasteiger partial charge in [-0.05, 0) is 19.4 Å². The Hall–Kier alpha value is -1.43. The van der Waals surface area contributed by atoms with Crippen LogP contribution in [0.5, 0.6) is 0 Å². The van der Waals surface area contributed by atoms with Gasteiger partial charge in [-0.2, -0.15) is 0 Å². The van der Waals surface area contributed by atoms with E-state index in [0.717, 1.165) is 13.0 Å². The summed E-state index contributed by atoms with van der Waals surface area (Å²) in [7, 11) is 0. The van der Waals surface area contributed by atoms with E-state index in [9.17, 15) is 4.79 Å². The molecule has 0 fully saturated rings. The molecule has 0 radical (unpaired) electrons. The first kappa shape index (κ1) is 11.6. The summed E-state index contributed by atoms with van der Waals surface area (Å²) < 4.78 is 1.73. The lowest BCUT2D eigenvalue weighted by Gasteiger charge is -2.11. The number of hydrogen-bond donors (Lipinski definition) is 2. The molecule has 1 heterocycles. The lowest BCUT2D eigenvalue weighted by atomic mass is 10.2. The maximum atomic E-state index is 10.7. The zero-order valence-corrected chi connectivity index (χ0v) is 8.76. The average molecular weight is 212 g/mol. The lowest BCUT2D eigenvalue weighted by Crippen LogP contribution is -2.36. The fourth-order valence-corrected chi connectivity index (χ4v) is 1.28. The van der Waals surface area contributed by atoms with Crippen LogP contribution in [0.3, 0.4) is 0 Å². The third kappa shape index (κ3) is 4.07. The second kappa shape index (κ2) is 6.13. The van der Waals surface area contributed by atoms with Crippen molar-refractivity contribution in [3.63, 3.8) is 0 Å². The van der Waals surface area contributed by atoms with Gasteiger partial charge in [-0.1, -0.05) is 12.1 Å². The minimum Gasteiger partial charge on any atom is -0.480 e. The second-order valence-electron chi connectivity index (χ2n) is 3.27. The molecule has 6 nitrogen and oxygen atoms in total. The van der Waals surface area contributed by atoms with E-state index in [4.69, 9.17) is 5.11 Å². The molecule has 1 rings (SSSR count). The summed E-state index contributed by atoms with van der Waals surface area (Å²) in [6, 6.07) is -0.444. The standard InChI is InChI=1S/C9H16N4O2/c1-2-8(9(14)15)10-4-3-6-13-7-5-11-12-13/h5,7-8,10H,2-4,6H2,1H3,(H,14,15). The molecule has 0 saturated heterocycles. The Kier molecular flexibility index (Phi) is 4.76. The Morgan fingerprint density at radius 1 is 1.67 bits per heavy atom. The van der Waals surface area contributed by atoms with E-state index >= 15 is 0 Å². The Morgan fingerprint density at radius 3 is 3.00 bits per heavy atom. The normalized spacial score (nSPS) is 12.6. The van der Waals surface area contributed by atoms with Crippen molar-refractivity contribution in [3.05, 3.63) is 12.4 Å². The van der Waals surface area contributed by atoms with Gasteiger partial charge in [0.05, 0.1) is 6.20 Å². The van der Waals surface area contributed by atoms with Crippen molar-refractivity contribution in [1.29, 1.82) is 0 Å². The molecule has 2 N–H and O–H groups in total. The first-order valence-corrected chi connectivity index (χ1v) is 5.04. The zero-order valence-electron chi connectivity index (χ0n) is 8.76. The van der Waals surface area contributed by atoms with Gasteiger partial charge in [0.2, 0.25) is 0 Å². The number of nitrogens with zero attached hydrogens (tertiary/aromatic N) is 3. The highest BCUT2D eigenvalue weighted by Crippen LogP contribution is 1.92. The molecule has 0 aliphatic rings. The molecule has 0 aliphatic heterocycles. The van der Waals surface area contributed by atoms with Crippen LogP contribution in [0, 0.1) is 0 Å². The van der Waals surface area contributed by atoms with Crippen LogP contribution in [0.2, 0.25) is 0 Å². The zero-order chi connectivity index (χ0) is 11.1. The average Bonchev–Trinajstić information content (AvgIpc) is 2.70. The highest BCUT2D eigenvalue weighted by molar-refractivity contribution is 5.73. The lowest BCUT2D eigenvalue weighted by molar-refractivity contribution is -0.139. The molecule has 1 aromatic heterocycles. The van der Waals surface area contributed by atoms with E-state index in [2.05, 4.69) is 15.6 Å². The van der Waals surface area contributed by atoms with Crippen LogP contribution in [0.25, 0.3) is 0 Å². The number of carbonyl (C=O) groups is 1. The second-order valence-corrected chi connectivity index (χ2v) is 3.27. The first-order valence-electron chi connectivity index (χ1n) is 5.04. The number of hydrogen-bond acceptors (Lipinski definition) is 4. The number of nitrogens with one attached hydrogen (secondary N) is 1. The number of carboxylic acids is 1. The number of rotatable bonds is 7. The van der Waals surface area contributed by atoms with Crippen molar-refractivity contribution < 1.29 is 9.90 Å². The molecule has 0 amide bonds. The summed E-state index contributed by atoms with van der Waals surface area (Å²) >= 11 is 0. The predicted molar refractivity (Wildman–Crippen MR) is 54.4 cm³/mol. The van der Waals surface area contributed by atoms with Gasteiger partial charge in [-0.25, -0.2) is 0 Å². The van der Waals surface area contributed by atoms with Gasteiger partial charge in [0.1, 0.15) is 6.04 Å². The van der Waals surface area contributed by atoms with Crippen molar-refractivity contribution in [2.75, 3.05) is 6.54 Å². The first-order chi connectivity index (χ1) is 7.24. The molecule has 15 heavy (non-hydrogen) atoms. The quantitative estimate of drug-likeness (QED) is 0.627. The molecule has 0 aliphatic carbocycles. The fourth-order valence-electron chi connectivity index (χ4n) is 1.28. The van der Waals surface area contributed by atoms with Gasteiger partial charge >= 0.3 is 5.97 Å². The van der Waals surface area contributed by atoms with Gasteiger partial charge in [-0.15, -0.1) is 5.10 Å². The molecular formula is C9H16N4O2. The third-order valence-corrected chi connectivity index (χ3v) is 2.13. The minimum absolute atomic E-state index is 0.444. The van der Waals surface area contributed by atoms with Crippen molar-refractivity contribution in [1.82, 2.24) is 20.3 Å². The van der Waals surface area contributed by atoms with Crippen molar-refractivity contribution in [2.45, 2.75) is 32.4 Å². The smallest absolute Gasteiger partial charge is 0.320 e. The van der Waals surface area contributed by atoms with Crippen LogP contribution < -0.4 is 5.32 Å². The summed E-state index contributed by atoms with van der Waals surface area (Å²) in [6.45, 7) is 3.27. The molecule has 0 spiro atoms. The Labute approximate surface area is 88.3 Å². The van der Waals surface area contributed by atoms with Gasteiger partial charge in [0, 0.05) is 12.7 Å². The van der Waals surface area contributed by atoms with Crippen LogP contribution in [0.4, 0.5) is 0 Å². The largest absolute Gasteiger partial charge is 0.480 e. The Bertz CT molecular complexity index is 286. The summed E-state index contributed by atoms with van der Waals surface area (Å²) in [4.78, 5) is 10.7. The number of aryl methyl sites for hydroxylation is 1. The van der Waals surface area contributed by atoms with E-state index in [1.165, 1.54) is 0 Å². The van der Waals surface area contributed by atoms with Crippen LogP contribution in [-0.2, 0) is 11.3 Å². The summed E-state index contributed by atoms with van der Waals surface area (Å²) in [6.07, 6.45) is 4.85. The fraction of sp³-hybridized carbons (Fsp3) is 0.667. The maximum absolute atomic E-state index is 10.7. The molecule has 0 saturated carbocycles. The molecule has 1 atom stereocenters. The van der Waals surface area contributed by atoms with E-state index < -0.39 is 12.0 Å². The minimum atomic E-state index is -0.793. The van der Waals surface area contributed by atoms with Gasteiger partial charge in [0.15, 0.2) is 0 Å². The molecule has 0 aromatic carbocycles. The summed E-state index contributed by atoms with van der Waals surface area (Å²) in [5.41, 5.74) is 0. The summed E-state index contributed by atoms with van der Waals surface area (Å²) in [5, 5.41) is 19.2. The topological polar surface area (TPSA) is 80.0 Å².